The average Bonchev–Trinajstić information content (AvgIpc) is 2.47. The molecule has 0 N–H and O–H groups in total. The van der Waals surface area contributed by atoms with Crippen LogP contribution in [-0.4, -0.2) is 15.5 Å². The van der Waals surface area contributed by atoms with Crippen LogP contribution in [0, 0.1) is 0 Å². The van der Waals surface area contributed by atoms with Crippen LogP contribution in [0.15, 0.2) is 53.4 Å². The van der Waals surface area contributed by atoms with Crippen molar-refractivity contribution in [3.63, 3.8) is 0 Å². The molecule has 2 aromatic carbocycles. The van der Waals surface area contributed by atoms with Gasteiger partial charge in [0, 0.05) is 12.1 Å². The largest absolute Gasteiger partial charge is 0.269 e. The summed E-state index contributed by atoms with van der Waals surface area (Å²) in [7, 11) is -2.01. The van der Waals surface area contributed by atoms with E-state index in [9.17, 15) is 8.42 Å². The Labute approximate surface area is 124 Å². The smallest absolute Gasteiger partial charge is 0.264 e. The zero-order chi connectivity index (χ0) is 14.8. The van der Waals surface area contributed by atoms with E-state index in [4.69, 9.17) is 11.6 Å². The Hall–Kier alpha value is -1.52. The summed E-state index contributed by atoms with van der Waals surface area (Å²) in [5, 5.41) is 0.513. The second kappa shape index (κ2) is 5.85. The molecule has 3 nitrogen and oxygen atoms in total. The van der Waals surface area contributed by atoms with Crippen LogP contribution < -0.4 is 4.31 Å². The lowest BCUT2D eigenvalue weighted by Crippen LogP contribution is -2.26. The van der Waals surface area contributed by atoms with E-state index in [2.05, 4.69) is 6.92 Å². The van der Waals surface area contributed by atoms with Gasteiger partial charge in [-0.25, -0.2) is 8.42 Å². The highest BCUT2D eigenvalue weighted by molar-refractivity contribution is 7.92. The molecule has 0 spiro atoms. The monoisotopic (exact) mass is 309 g/mol. The van der Waals surface area contributed by atoms with Gasteiger partial charge in [-0.2, -0.15) is 0 Å². The molecule has 0 aliphatic heterocycles. The number of aryl methyl sites for hydroxylation is 1. The summed E-state index contributed by atoms with van der Waals surface area (Å²) < 4.78 is 26.2. The molecular weight excluding hydrogens is 294 g/mol. The second-order valence-electron chi connectivity index (χ2n) is 4.45. The minimum absolute atomic E-state index is 0.226. The summed E-state index contributed by atoms with van der Waals surface area (Å²) in [6, 6.07) is 13.7. The maximum atomic E-state index is 12.5. The molecule has 0 unspecified atom stereocenters. The van der Waals surface area contributed by atoms with Crippen molar-refractivity contribution in [2.45, 2.75) is 18.2 Å². The van der Waals surface area contributed by atoms with Crippen molar-refractivity contribution in [1.82, 2.24) is 0 Å². The first kappa shape index (κ1) is 14.9. The predicted molar refractivity (Wildman–Crippen MR) is 82.9 cm³/mol. The summed E-state index contributed by atoms with van der Waals surface area (Å²) in [5.41, 5.74) is 1.81. The normalized spacial score (nSPS) is 11.3. The third-order valence-electron chi connectivity index (χ3n) is 3.18. The Bertz CT molecular complexity index is 679. The fraction of sp³-hybridized carbons (Fsp3) is 0.200. The van der Waals surface area contributed by atoms with Crippen LogP contribution in [0.1, 0.15) is 12.5 Å². The average molecular weight is 310 g/mol. The molecule has 0 aliphatic carbocycles. The van der Waals surface area contributed by atoms with Crippen LogP contribution in [0.4, 0.5) is 5.69 Å². The zero-order valence-corrected chi connectivity index (χ0v) is 12.9. The first-order chi connectivity index (χ1) is 9.45. The number of sulfonamides is 1. The van der Waals surface area contributed by atoms with E-state index < -0.39 is 10.0 Å². The first-order valence-electron chi connectivity index (χ1n) is 6.28. The molecule has 20 heavy (non-hydrogen) atoms. The van der Waals surface area contributed by atoms with Gasteiger partial charge >= 0.3 is 0 Å². The fourth-order valence-electron chi connectivity index (χ4n) is 1.85. The fourth-order valence-corrected chi connectivity index (χ4v) is 3.17. The van der Waals surface area contributed by atoms with Crippen molar-refractivity contribution in [2.75, 3.05) is 11.4 Å². The Kier molecular flexibility index (Phi) is 4.35. The lowest BCUT2D eigenvalue weighted by atomic mass is 10.1. The number of anilines is 1. The van der Waals surface area contributed by atoms with Gasteiger partial charge in [-0.05, 0) is 48.4 Å². The topological polar surface area (TPSA) is 37.4 Å². The van der Waals surface area contributed by atoms with Gasteiger partial charge < -0.3 is 0 Å². The molecule has 0 aliphatic rings. The van der Waals surface area contributed by atoms with Crippen LogP contribution in [0.3, 0.4) is 0 Å². The molecule has 0 amide bonds. The lowest BCUT2D eigenvalue weighted by molar-refractivity contribution is 0.594. The van der Waals surface area contributed by atoms with Crippen LogP contribution in [0.25, 0.3) is 0 Å². The van der Waals surface area contributed by atoms with E-state index >= 15 is 0 Å². The molecule has 5 heteroatoms. The molecular formula is C15H16ClNO2S. The third-order valence-corrected chi connectivity index (χ3v) is 5.23. The van der Waals surface area contributed by atoms with E-state index in [0.717, 1.165) is 6.42 Å². The molecule has 0 bridgehead atoms. The van der Waals surface area contributed by atoms with Gasteiger partial charge in [-0.1, -0.05) is 30.7 Å². The van der Waals surface area contributed by atoms with E-state index in [0.29, 0.717) is 10.7 Å². The number of rotatable bonds is 4. The Morgan fingerprint density at radius 2 is 1.55 bits per heavy atom. The second-order valence-corrected chi connectivity index (χ2v) is 6.85. The molecule has 2 aromatic rings. The molecule has 0 saturated carbocycles. The Morgan fingerprint density at radius 3 is 2.05 bits per heavy atom. The standard InChI is InChI=1S/C15H16ClNO2S/c1-3-12-4-8-14(9-5-12)17(2)20(18,19)15-10-6-13(16)7-11-15/h4-11H,3H2,1-2H3. The van der Waals surface area contributed by atoms with Crippen molar-refractivity contribution < 1.29 is 8.42 Å². The van der Waals surface area contributed by atoms with E-state index in [1.54, 1.807) is 19.2 Å². The van der Waals surface area contributed by atoms with E-state index in [1.807, 2.05) is 24.3 Å². The highest BCUT2D eigenvalue weighted by Gasteiger charge is 2.20. The minimum atomic E-state index is -3.55. The molecule has 0 atom stereocenters. The molecule has 0 fully saturated rings. The van der Waals surface area contributed by atoms with Gasteiger partial charge in [0.2, 0.25) is 0 Å². The summed E-state index contributed by atoms with van der Waals surface area (Å²) in [6.45, 7) is 2.06. The van der Waals surface area contributed by atoms with Crippen LogP contribution in [0.5, 0.6) is 0 Å². The highest BCUT2D eigenvalue weighted by Crippen LogP contribution is 2.23. The first-order valence-corrected chi connectivity index (χ1v) is 8.10. The zero-order valence-electron chi connectivity index (χ0n) is 11.4. The molecule has 0 aromatic heterocycles. The highest BCUT2D eigenvalue weighted by atomic mass is 35.5. The number of hydrogen-bond acceptors (Lipinski definition) is 2. The van der Waals surface area contributed by atoms with Gasteiger partial charge in [0.25, 0.3) is 10.0 Å². The van der Waals surface area contributed by atoms with Crippen molar-refractivity contribution in [3.05, 3.63) is 59.1 Å². The molecule has 0 saturated heterocycles. The van der Waals surface area contributed by atoms with Crippen molar-refractivity contribution in [3.8, 4) is 0 Å². The molecule has 106 valence electrons. The quantitative estimate of drug-likeness (QED) is 0.863. The van der Waals surface area contributed by atoms with E-state index in [-0.39, 0.29) is 4.90 Å². The molecule has 0 radical (unpaired) electrons. The van der Waals surface area contributed by atoms with Crippen molar-refractivity contribution >= 4 is 27.3 Å². The number of halogens is 1. The molecule has 2 rings (SSSR count). The predicted octanol–water partition coefficient (Wildman–Crippen LogP) is 3.73. The Morgan fingerprint density at radius 1 is 1.00 bits per heavy atom. The van der Waals surface area contributed by atoms with Gasteiger partial charge in [0.1, 0.15) is 0 Å². The molecule has 0 heterocycles. The number of hydrogen-bond donors (Lipinski definition) is 0. The SMILES string of the molecule is CCc1ccc(N(C)S(=O)(=O)c2ccc(Cl)cc2)cc1. The summed E-state index contributed by atoms with van der Waals surface area (Å²) >= 11 is 5.78. The maximum Gasteiger partial charge on any atom is 0.264 e. The number of nitrogens with zero attached hydrogens (tertiary/aromatic N) is 1. The summed E-state index contributed by atoms with van der Waals surface area (Å²) in [4.78, 5) is 0.226. The van der Waals surface area contributed by atoms with Gasteiger partial charge in [0.05, 0.1) is 10.6 Å². The van der Waals surface area contributed by atoms with Crippen molar-refractivity contribution in [2.24, 2.45) is 0 Å². The third kappa shape index (κ3) is 2.97. The van der Waals surface area contributed by atoms with Crippen LogP contribution in [-0.2, 0) is 16.4 Å². The van der Waals surface area contributed by atoms with Crippen LogP contribution >= 0.6 is 11.6 Å². The van der Waals surface area contributed by atoms with Gasteiger partial charge in [0.15, 0.2) is 0 Å². The minimum Gasteiger partial charge on any atom is -0.269 e. The lowest BCUT2D eigenvalue weighted by Gasteiger charge is -2.19. The van der Waals surface area contributed by atoms with E-state index in [1.165, 1.54) is 22.0 Å². The van der Waals surface area contributed by atoms with Crippen molar-refractivity contribution in [1.29, 1.82) is 0 Å². The maximum absolute atomic E-state index is 12.5. The van der Waals surface area contributed by atoms with Gasteiger partial charge in [-0.3, -0.25) is 4.31 Å². The van der Waals surface area contributed by atoms with Crippen LogP contribution in [0.2, 0.25) is 5.02 Å². The number of benzene rings is 2. The van der Waals surface area contributed by atoms with Gasteiger partial charge in [-0.15, -0.1) is 0 Å². The Balaban J connectivity index is 2.35. The summed E-state index contributed by atoms with van der Waals surface area (Å²) in [6.07, 6.45) is 0.925. The summed E-state index contributed by atoms with van der Waals surface area (Å²) in [5.74, 6) is 0.